The molecular formula is C20H20F2N4O3S. The lowest BCUT2D eigenvalue weighted by Gasteiger charge is -2.12. The molecule has 0 atom stereocenters. The number of sulfone groups is 1. The van der Waals surface area contributed by atoms with Gasteiger partial charge in [-0.1, -0.05) is 24.3 Å². The van der Waals surface area contributed by atoms with E-state index in [-0.39, 0.29) is 17.0 Å². The third-order valence-corrected chi connectivity index (χ3v) is 5.87. The standard InChI is InChI=1S/C20H20F2N4O3S/c1-13-17(14-6-8-16(9-7-14)30(2,28)29)4-3-5-18(13)25-12-24-26(20(25)27)11-15(10-23)19(21)22/h3-9,12H,10-11,23H2,1-2H3. The summed E-state index contributed by atoms with van der Waals surface area (Å²) in [5.74, 6) is 0. The van der Waals surface area contributed by atoms with Gasteiger partial charge >= 0.3 is 5.69 Å². The van der Waals surface area contributed by atoms with Crippen molar-refractivity contribution in [2.45, 2.75) is 18.4 Å². The van der Waals surface area contributed by atoms with Crippen LogP contribution in [0.2, 0.25) is 0 Å². The minimum Gasteiger partial charge on any atom is -0.327 e. The molecule has 0 aliphatic carbocycles. The molecule has 2 N–H and O–H groups in total. The number of benzene rings is 2. The summed E-state index contributed by atoms with van der Waals surface area (Å²) >= 11 is 0. The second-order valence-corrected chi connectivity index (χ2v) is 8.77. The van der Waals surface area contributed by atoms with Gasteiger partial charge in [0.05, 0.1) is 17.1 Å². The van der Waals surface area contributed by atoms with Crippen LogP contribution in [-0.4, -0.2) is 35.6 Å². The lowest BCUT2D eigenvalue weighted by molar-refractivity contribution is 0.400. The zero-order valence-corrected chi connectivity index (χ0v) is 17.2. The van der Waals surface area contributed by atoms with Crippen LogP contribution in [0.1, 0.15) is 5.56 Å². The predicted octanol–water partition coefficient (Wildman–Crippen LogP) is 2.52. The normalized spacial score (nSPS) is 11.5. The first-order valence-electron chi connectivity index (χ1n) is 8.91. The maximum absolute atomic E-state index is 12.9. The highest BCUT2D eigenvalue weighted by molar-refractivity contribution is 7.90. The van der Waals surface area contributed by atoms with E-state index in [1.807, 2.05) is 13.0 Å². The Labute approximate surface area is 172 Å². The first-order chi connectivity index (χ1) is 14.1. The Bertz CT molecular complexity index is 1270. The first kappa shape index (κ1) is 21.6. The number of halogens is 2. The fourth-order valence-corrected chi connectivity index (χ4v) is 3.70. The summed E-state index contributed by atoms with van der Waals surface area (Å²) in [7, 11) is -3.31. The Balaban J connectivity index is 2.02. The molecule has 0 amide bonds. The summed E-state index contributed by atoms with van der Waals surface area (Å²) in [5.41, 5.74) is 7.23. The summed E-state index contributed by atoms with van der Waals surface area (Å²) in [6.07, 6.45) is 0.485. The van der Waals surface area contributed by atoms with Crippen molar-refractivity contribution in [3.8, 4) is 16.8 Å². The van der Waals surface area contributed by atoms with Crippen LogP contribution in [0.4, 0.5) is 8.78 Å². The van der Waals surface area contributed by atoms with Crippen LogP contribution >= 0.6 is 0 Å². The van der Waals surface area contributed by atoms with Gasteiger partial charge in [-0.25, -0.2) is 22.5 Å². The summed E-state index contributed by atoms with van der Waals surface area (Å²) in [4.78, 5) is 12.9. The average molecular weight is 434 g/mol. The number of nitrogens with zero attached hydrogens (tertiary/aromatic N) is 3. The largest absolute Gasteiger partial charge is 0.350 e. The Morgan fingerprint density at radius 2 is 1.80 bits per heavy atom. The van der Waals surface area contributed by atoms with E-state index in [0.717, 1.165) is 27.6 Å². The molecule has 1 heterocycles. The molecule has 0 fully saturated rings. The van der Waals surface area contributed by atoms with Gasteiger partial charge in [0, 0.05) is 18.4 Å². The van der Waals surface area contributed by atoms with Crippen LogP contribution in [0.15, 0.2) is 70.1 Å². The molecule has 2 aromatic carbocycles. The highest BCUT2D eigenvalue weighted by Gasteiger charge is 2.15. The Kier molecular flexibility index (Phi) is 5.99. The van der Waals surface area contributed by atoms with Gasteiger partial charge in [0.15, 0.2) is 9.84 Å². The minimum absolute atomic E-state index is 0.210. The smallest absolute Gasteiger partial charge is 0.327 e. The van der Waals surface area contributed by atoms with E-state index in [0.29, 0.717) is 5.69 Å². The Hall–Kier alpha value is -3.11. The zero-order chi connectivity index (χ0) is 22.1. The van der Waals surface area contributed by atoms with E-state index < -0.39 is 28.2 Å². The van der Waals surface area contributed by atoms with Crippen LogP contribution in [-0.2, 0) is 16.4 Å². The van der Waals surface area contributed by atoms with Gasteiger partial charge in [0.1, 0.15) is 6.33 Å². The lowest BCUT2D eigenvalue weighted by Crippen LogP contribution is -2.26. The van der Waals surface area contributed by atoms with Crippen molar-refractivity contribution in [1.82, 2.24) is 14.3 Å². The van der Waals surface area contributed by atoms with Crippen molar-refractivity contribution in [1.29, 1.82) is 0 Å². The molecular weight excluding hydrogens is 414 g/mol. The van der Waals surface area contributed by atoms with Gasteiger partial charge in [-0.05, 0) is 41.8 Å². The molecule has 0 bridgehead atoms. The van der Waals surface area contributed by atoms with Crippen LogP contribution in [0, 0.1) is 6.92 Å². The van der Waals surface area contributed by atoms with Crippen molar-refractivity contribution in [3.63, 3.8) is 0 Å². The molecule has 0 aliphatic rings. The molecule has 0 spiro atoms. The Morgan fingerprint density at radius 3 is 2.37 bits per heavy atom. The summed E-state index contributed by atoms with van der Waals surface area (Å²) in [6, 6.07) is 11.7. The molecule has 0 aliphatic heterocycles. The monoisotopic (exact) mass is 434 g/mol. The molecule has 7 nitrogen and oxygen atoms in total. The van der Waals surface area contributed by atoms with Gasteiger partial charge in [-0.2, -0.15) is 13.9 Å². The molecule has 0 unspecified atom stereocenters. The molecule has 3 rings (SSSR count). The minimum atomic E-state index is -3.31. The molecule has 158 valence electrons. The summed E-state index contributed by atoms with van der Waals surface area (Å²) in [5, 5.41) is 3.92. The van der Waals surface area contributed by atoms with E-state index in [2.05, 4.69) is 5.10 Å². The lowest BCUT2D eigenvalue weighted by atomic mass is 9.99. The second-order valence-electron chi connectivity index (χ2n) is 6.76. The highest BCUT2D eigenvalue weighted by atomic mass is 32.2. The van der Waals surface area contributed by atoms with E-state index >= 15 is 0 Å². The highest BCUT2D eigenvalue weighted by Crippen LogP contribution is 2.28. The van der Waals surface area contributed by atoms with Crippen LogP contribution < -0.4 is 11.4 Å². The average Bonchev–Trinajstić information content (AvgIpc) is 3.05. The third kappa shape index (κ3) is 4.24. The molecule has 0 radical (unpaired) electrons. The van der Waals surface area contributed by atoms with Crippen molar-refractivity contribution in [2.75, 3.05) is 12.8 Å². The van der Waals surface area contributed by atoms with Crippen molar-refractivity contribution >= 4 is 9.84 Å². The molecule has 30 heavy (non-hydrogen) atoms. The SMILES string of the molecule is Cc1c(-c2ccc(S(C)(=O)=O)cc2)cccc1-n1cnn(CC(CN)=C(F)F)c1=O. The summed E-state index contributed by atoms with van der Waals surface area (Å²) in [6.45, 7) is 1.04. The van der Waals surface area contributed by atoms with Gasteiger partial charge in [-0.3, -0.25) is 0 Å². The fourth-order valence-electron chi connectivity index (χ4n) is 3.07. The summed E-state index contributed by atoms with van der Waals surface area (Å²) < 4.78 is 51.3. The molecule has 3 aromatic rings. The zero-order valence-electron chi connectivity index (χ0n) is 16.3. The predicted molar refractivity (Wildman–Crippen MR) is 109 cm³/mol. The van der Waals surface area contributed by atoms with Gasteiger partial charge in [-0.15, -0.1) is 0 Å². The molecule has 1 aromatic heterocycles. The van der Waals surface area contributed by atoms with E-state index in [1.165, 1.54) is 23.0 Å². The van der Waals surface area contributed by atoms with Crippen LogP contribution in [0.5, 0.6) is 0 Å². The number of hydrogen-bond acceptors (Lipinski definition) is 5. The van der Waals surface area contributed by atoms with Crippen molar-refractivity contribution in [3.05, 3.63) is 76.5 Å². The number of nitrogens with two attached hydrogens (primary N) is 1. The van der Waals surface area contributed by atoms with Gasteiger partial charge in [0.2, 0.25) is 0 Å². The maximum Gasteiger partial charge on any atom is 0.350 e. The van der Waals surface area contributed by atoms with Crippen molar-refractivity contribution in [2.24, 2.45) is 5.73 Å². The second kappa shape index (κ2) is 8.33. The maximum atomic E-state index is 12.9. The van der Waals surface area contributed by atoms with E-state index in [4.69, 9.17) is 5.73 Å². The third-order valence-electron chi connectivity index (χ3n) is 4.75. The molecule has 0 saturated heterocycles. The Morgan fingerprint density at radius 1 is 1.13 bits per heavy atom. The van der Waals surface area contributed by atoms with Crippen LogP contribution in [0.3, 0.4) is 0 Å². The topological polar surface area (TPSA) is 100.0 Å². The number of rotatable bonds is 6. The van der Waals surface area contributed by atoms with E-state index in [9.17, 15) is 22.0 Å². The molecule has 0 saturated carbocycles. The van der Waals surface area contributed by atoms with Gasteiger partial charge in [0.25, 0.3) is 6.08 Å². The fraction of sp³-hybridized carbons (Fsp3) is 0.200. The van der Waals surface area contributed by atoms with Crippen LogP contribution in [0.25, 0.3) is 16.8 Å². The van der Waals surface area contributed by atoms with E-state index in [1.54, 1.807) is 24.3 Å². The van der Waals surface area contributed by atoms with Crippen molar-refractivity contribution < 1.29 is 17.2 Å². The number of aromatic nitrogens is 3. The quantitative estimate of drug-likeness (QED) is 0.643. The molecule has 10 heteroatoms. The van der Waals surface area contributed by atoms with Gasteiger partial charge < -0.3 is 5.73 Å². The number of hydrogen-bond donors (Lipinski definition) is 1. The first-order valence-corrected chi connectivity index (χ1v) is 10.8.